The molecule has 0 aromatic carbocycles. The predicted octanol–water partition coefficient (Wildman–Crippen LogP) is 3.03. The Bertz CT molecular complexity index is 296. The molecule has 1 aliphatic carbocycles. The van der Waals surface area contributed by atoms with E-state index in [0.717, 1.165) is 12.8 Å². The zero-order valence-electron chi connectivity index (χ0n) is 10.3. The number of nitrogens with one attached hydrogen (secondary N) is 1. The second-order valence-electron chi connectivity index (χ2n) is 4.43. The van der Waals surface area contributed by atoms with Gasteiger partial charge in [-0.2, -0.15) is 0 Å². The van der Waals surface area contributed by atoms with Gasteiger partial charge in [-0.15, -0.1) is 0 Å². The Morgan fingerprint density at radius 2 is 2.25 bits per heavy atom. The lowest BCUT2D eigenvalue weighted by atomic mass is 9.84. The molecule has 1 amide bonds. The van der Waals surface area contributed by atoms with Crippen LogP contribution in [0.3, 0.4) is 0 Å². The molecule has 0 fully saturated rings. The molecular weight excluding hydrogens is 202 g/mol. The molecule has 0 saturated carbocycles. The molecule has 0 aliphatic heterocycles. The highest BCUT2D eigenvalue weighted by Crippen LogP contribution is 2.23. The summed E-state index contributed by atoms with van der Waals surface area (Å²) in [7, 11) is 0. The van der Waals surface area contributed by atoms with E-state index in [9.17, 15) is 4.79 Å². The van der Waals surface area contributed by atoms with Gasteiger partial charge in [0.2, 0.25) is 0 Å². The topological polar surface area (TPSA) is 38.3 Å². The molecule has 0 aromatic rings. The first-order chi connectivity index (χ1) is 7.58. The van der Waals surface area contributed by atoms with E-state index < -0.39 is 0 Å². The van der Waals surface area contributed by atoms with Crippen molar-refractivity contribution in [2.24, 2.45) is 5.92 Å². The molecule has 2 unspecified atom stereocenters. The highest BCUT2D eigenvalue weighted by atomic mass is 16.5. The van der Waals surface area contributed by atoms with Crippen LogP contribution >= 0.6 is 0 Å². The van der Waals surface area contributed by atoms with E-state index in [2.05, 4.69) is 25.2 Å². The molecule has 3 nitrogen and oxygen atoms in total. The SMILES string of the molecule is CCCCOC(=O)NC1(C)C=CC=CC1C. The molecule has 1 N–H and O–H groups in total. The minimum atomic E-state index is -0.335. The van der Waals surface area contributed by atoms with Gasteiger partial charge in [-0.1, -0.05) is 44.6 Å². The third-order valence-corrected chi connectivity index (χ3v) is 3.00. The first-order valence-electron chi connectivity index (χ1n) is 5.89. The molecule has 16 heavy (non-hydrogen) atoms. The molecule has 1 aliphatic rings. The van der Waals surface area contributed by atoms with E-state index in [0.29, 0.717) is 6.61 Å². The fourth-order valence-corrected chi connectivity index (χ4v) is 1.56. The molecule has 0 bridgehead atoms. The molecule has 3 heteroatoms. The Hall–Kier alpha value is -1.25. The van der Waals surface area contributed by atoms with Crippen LogP contribution in [0.1, 0.15) is 33.6 Å². The van der Waals surface area contributed by atoms with Crippen molar-refractivity contribution >= 4 is 6.09 Å². The molecule has 0 heterocycles. The van der Waals surface area contributed by atoms with Crippen LogP contribution in [0.4, 0.5) is 4.79 Å². The number of ether oxygens (including phenoxy) is 1. The van der Waals surface area contributed by atoms with Crippen LogP contribution in [0.25, 0.3) is 0 Å². The summed E-state index contributed by atoms with van der Waals surface area (Å²) < 4.78 is 5.09. The Balaban J connectivity index is 2.43. The summed E-state index contributed by atoms with van der Waals surface area (Å²) in [5, 5.41) is 2.90. The van der Waals surface area contributed by atoms with Gasteiger partial charge >= 0.3 is 6.09 Å². The van der Waals surface area contributed by atoms with E-state index in [-0.39, 0.29) is 17.6 Å². The molecule has 1 rings (SSSR count). The normalized spacial score (nSPS) is 27.8. The van der Waals surface area contributed by atoms with Crippen molar-refractivity contribution in [1.29, 1.82) is 0 Å². The van der Waals surface area contributed by atoms with Crippen molar-refractivity contribution in [3.63, 3.8) is 0 Å². The van der Waals surface area contributed by atoms with Gasteiger partial charge in [0, 0.05) is 5.92 Å². The quantitative estimate of drug-likeness (QED) is 0.744. The zero-order valence-corrected chi connectivity index (χ0v) is 10.3. The fourth-order valence-electron chi connectivity index (χ4n) is 1.56. The second kappa shape index (κ2) is 5.73. The van der Waals surface area contributed by atoms with E-state index in [1.165, 1.54) is 0 Å². The Labute approximate surface area is 97.6 Å². The minimum absolute atomic E-state index is 0.274. The maximum atomic E-state index is 11.5. The number of carbonyl (C=O) groups excluding carboxylic acids is 1. The van der Waals surface area contributed by atoms with Crippen LogP contribution in [0.5, 0.6) is 0 Å². The molecular formula is C13H21NO2. The van der Waals surface area contributed by atoms with Crippen LogP contribution in [-0.4, -0.2) is 18.2 Å². The Morgan fingerprint density at radius 1 is 1.50 bits per heavy atom. The number of allylic oxidation sites excluding steroid dienone is 2. The van der Waals surface area contributed by atoms with Crippen molar-refractivity contribution in [3.05, 3.63) is 24.3 Å². The predicted molar refractivity (Wildman–Crippen MR) is 65.2 cm³/mol. The van der Waals surface area contributed by atoms with Gasteiger partial charge in [0.1, 0.15) is 0 Å². The smallest absolute Gasteiger partial charge is 0.407 e. The average molecular weight is 223 g/mol. The first-order valence-corrected chi connectivity index (χ1v) is 5.89. The molecule has 0 saturated heterocycles. The largest absolute Gasteiger partial charge is 0.450 e. The molecule has 0 aromatic heterocycles. The Kier molecular flexibility index (Phi) is 4.59. The lowest BCUT2D eigenvalue weighted by molar-refractivity contribution is 0.133. The van der Waals surface area contributed by atoms with Crippen LogP contribution in [0.15, 0.2) is 24.3 Å². The summed E-state index contributed by atoms with van der Waals surface area (Å²) in [6, 6.07) is 0. The standard InChI is InChI=1S/C13H21NO2/c1-4-5-10-16-12(15)14-13(3)9-7-6-8-11(13)2/h6-9,11H,4-5,10H2,1-3H3,(H,14,15). The summed E-state index contributed by atoms with van der Waals surface area (Å²) in [6.45, 7) is 6.64. The number of hydrogen-bond acceptors (Lipinski definition) is 2. The van der Waals surface area contributed by atoms with E-state index in [4.69, 9.17) is 4.74 Å². The van der Waals surface area contributed by atoms with Crippen molar-refractivity contribution in [2.75, 3.05) is 6.61 Å². The average Bonchev–Trinajstić information content (AvgIpc) is 2.23. The van der Waals surface area contributed by atoms with Crippen molar-refractivity contribution in [3.8, 4) is 0 Å². The maximum absolute atomic E-state index is 11.5. The number of hydrogen-bond donors (Lipinski definition) is 1. The van der Waals surface area contributed by atoms with Gasteiger partial charge in [0.05, 0.1) is 12.1 Å². The van der Waals surface area contributed by atoms with Crippen LogP contribution in [0, 0.1) is 5.92 Å². The van der Waals surface area contributed by atoms with E-state index in [1.54, 1.807) is 0 Å². The summed E-state index contributed by atoms with van der Waals surface area (Å²) in [6.07, 6.45) is 9.63. The molecule has 0 radical (unpaired) electrons. The number of unbranched alkanes of at least 4 members (excludes halogenated alkanes) is 1. The Morgan fingerprint density at radius 3 is 2.88 bits per heavy atom. The van der Waals surface area contributed by atoms with Gasteiger partial charge in [-0.25, -0.2) is 4.79 Å². The maximum Gasteiger partial charge on any atom is 0.407 e. The summed E-state index contributed by atoms with van der Waals surface area (Å²) in [5.74, 6) is 0.274. The third kappa shape index (κ3) is 3.40. The van der Waals surface area contributed by atoms with Crippen molar-refractivity contribution in [2.45, 2.75) is 39.2 Å². The van der Waals surface area contributed by atoms with Crippen molar-refractivity contribution in [1.82, 2.24) is 5.32 Å². The zero-order chi connectivity index (χ0) is 12.0. The third-order valence-electron chi connectivity index (χ3n) is 3.00. The number of alkyl carbamates (subject to hydrolysis) is 1. The van der Waals surface area contributed by atoms with Crippen LogP contribution in [0.2, 0.25) is 0 Å². The van der Waals surface area contributed by atoms with E-state index >= 15 is 0 Å². The highest BCUT2D eigenvalue weighted by Gasteiger charge is 2.30. The molecule has 90 valence electrons. The summed E-state index contributed by atoms with van der Waals surface area (Å²) >= 11 is 0. The van der Waals surface area contributed by atoms with Gasteiger partial charge in [-0.3, -0.25) is 0 Å². The van der Waals surface area contributed by atoms with Gasteiger partial charge in [0.15, 0.2) is 0 Å². The molecule has 2 atom stereocenters. The number of amides is 1. The fraction of sp³-hybridized carbons (Fsp3) is 0.615. The van der Waals surface area contributed by atoms with E-state index in [1.807, 2.05) is 25.2 Å². The number of rotatable bonds is 4. The first kappa shape index (κ1) is 12.8. The molecule has 0 spiro atoms. The summed E-state index contributed by atoms with van der Waals surface area (Å²) in [4.78, 5) is 11.5. The monoisotopic (exact) mass is 223 g/mol. The van der Waals surface area contributed by atoms with Crippen LogP contribution in [-0.2, 0) is 4.74 Å². The lowest BCUT2D eigenvalue weighted by Crippen LogP contribution is -2.49. The van der Waals surface area contributed by atoms with Crippen LogP contribution < -0.4 is 5.32 Å². The summed E-state index contributed by atoms with van der Waals surface area (Å²) in [5.41, 5.74) is -0.335. The second-order valence-corrected chi connectivity index (χ2v) is 4.43. The highest BCUT2D eigenvalue weighted by molar-refractivity contribution is 5.69. The van der Waals surface area contributed by atoms with Gasteiger partial charge in [-0.05, 0) is 13.3 Å². The lowest BCUT2D eigenvalue weighted by Gasteiger charge is -2.33. The van der Waals surface area contributed by atoms with Crippen molar-refractivity contribution < 1.29 is 9.53 Å². The minimum Gasteiger partial charge on any atom is -0.450 e. The number of carbonyl (C=O) groups is 1. The van der Waals surface area contributed by atoms with Gasteiger partial charge in [0.25, 0.3) is 0 Å². The van der Waals surface area contributed by atoms with Gasteiger partial charge < -0.3 is 10.1 Å².